The molecule has 2 aliphatic rings. The molecule has 1 fully saturated rings. The van der Waals surface area contributed by atoms with Crippen molar-refractivity contribution in [1.29, 1.82) is 0 Å². The Bertz CT molecular complexity index is 1160. The molecule has 1 amide bonds. The monoisotopic (exact) mass is 500 g/mol. The van der Waals surface area contributed by atoms with E-state index in [0.717, 1.165) is 66.2 Å². The zero-order valence-electron chi connectivity index (χ0n) is 19.1. The number of piperidine rings is 1. The molecule has 0 radical (unpaired) electrons. The minimum Gasteiger partial charge on any atom is -0.481 e. The maximum absolute atomic E-state index is 11.6. The van der Waals surface area contributed by atoms with Crippen LogP contribution in [0.15, 0.2) is 41.4 Å². The Morgan fingerprint density at radius 1 is 1.18 bits per heavy atom. The summed E-state index contributed by atoms with van der Waals surface area (Å²) in [5.41, 5.74) is 3.90. The van der Waals surface area contributed by atoms with Gasteiger partial charge >= 0.3 is 0 Å². The third kappa shape index (κ3) is 5.54. The summed E-state index contributed by atoms with van der Waals surface area (Å²) < 4.78 is 5.31. The van der Waals surface area contributed by atoms with E-state index >= 15 is 0 Å². The van der Waals surface area contributed by atoms with E-state index in [1.807, 2.05) is 30.5 Å². The fourth-order valence-corrected chi connectivity index (χ4v) is 5.21. The Kier molecular flexibility index (Phi) is 8.07. The number of anilines is 2. The summed E-state index contributed by atoms with van der Waals surface area (Å²) in [5, 5.41) is 6.38. The van der Waals surface area contributed by atoms with Gasteiger partial charge in [-0.2, -0.15) is 0 Å². The fourth-order valence-electron chi connectivity index (χ4n) is 4.45. The van der Waals surface area contributed by atoms with Crippen LogP contribution < -0.4 is 20.3 Å². The van der Waals surface area contributed by atoms with E-state index in [2.05, 4.69) is 36.6 Å². The largest absolute Gasteiger partial charge is 0.481 e. The lowest BCUT2D eigenvalue weighted by Crippen LogP contribution is -2.34. The van der Waals surface area contributed by atoms with Crippen molar-refractivity contribution in [2.24, 2.45) is 5.92 Å². The van der Waals surface area contributed by atoms with E-state index in [4.69, 9.17) is 4.74 Å². The van der Waals surface area contributed by atoms with Gasteiger partial charge in [-0.25, -0.2) is 9.97 Å². The lowest BCUT2D eigenvalue weighted by atomic mass is 9.93. The number of amides is 1. The summed E-state index contributed by atoms with van der Waals surface area (Å²) in [5.74, 6) is 2.50. The summed E-state index contributed by atoms with van der Waals surface area (Å²) in [6, 6.07) is 9.97. The minimum absolute atomic E-state index is 0. The van der Waals surface area contributed by atoms with Crippen LogP contribution in [0.1, 0.15) is 25.0 Å². The molecule has 8 nitrogen and oxygen atoms in total. The molecule has 1 saturated heterocycles. The van der Waals surface area contributed by atoms with Crippen molar-refractivity contribution < 1.29 is 9.53 Å². The number of fused-ring (bicyclic) bond motifs is 2. The second-order valence-electron chi connectivity index (χ2n) is 8.43. The van der Waals surface area contributed by atoms with Gasteiger partial charge in [0.1, 0.15) is 11.3 Å². The second kappa shape index (κ2) is 11.2. The SMILES string of the molecule is COc1ccc2nccc(N3CCC(CCNCc4ccc5c(n4)NC(=O)CS5)CC3)c2n1.Cl. The van der Waals surface area contributed by atoms with Gasteiger partial charge in [0, 0.05) is 31.9 Å². The number of rotatable bonds is 7. The van der Waals surface area contributed by atoms with Crippen molar-refractivity contribution in [3.8, 4) is 5.88 Å². The van der Waals surface area contributed by atoms with Crippen LogP contribution in [-0.4, -0.2) is 53.4 Å². The topological polar surface area (TPSA) is 92.3 Å². The fraction of sp³-hybridized carbons (Fsp3) is 0.417. The number of nitrogens with one attached hydrogen (secondary N) is 2. The van der Waals surface area contributed by atoms with Gasteiger partial charge in [0.05, 0.1) is 34.7 Å². The lowest BCUT2D eigenvalue weighted by molar-refractivity contribution is -0.113. The first-order valence-electron chi connectivity index (χ1n) is 11.4. The van der Waals surface area contributed by atoms with Crippen molar-refractivity contribution in [3.63, 3.8) is 0 Å². The molecule has 0 saturated carbocycles. The molecule has 3 aromatic rings. The molecule has 3 aromatic heterocycles. The number of carbonyl (C=O) groups is 1. The molecular formula is C24H29ClN6O2S. The molecule has 0 aliphatic carbocycles. The molecular weight excluding hydrogens is 472 g/mol. The normalized spacial score (nSPS) is 16.0. The van der Waals surface area contributed by atoms with Crippen LogP contribution >= 0.6 is 24.2 Å². The molecule has 34 heavy (non-hydrogen) atoms. The molecule has 10 heteroatoms. The molecule has 2 aliphatic heterocycles. The number of thioether (sulfide) groups is 1. The van der Waals surface area contributed by atoms with Gasteiger partial charge in [-0.3, -0.25) is 9.78 Å². The van der Waals surface area contributed by atoms with E-state index in [1.54, 1.807) is 18.9 Å². The standard InChI is InChI=1S/C24H28N6O2S.ClH/c1-32-22-5-3-18-23(29-22)19(7-11-26-18)30-12-8-16(9-13-30)6-10-25-14-17-2-4-20-24(27-17)28-21(31)15-33-20;/h2-5,7,11,16,25H,6,8-10,12-15H2,1H3,(H,27,28,31);1H. The van der Waals surface area contributed by atoms with Crippen molar-refractivity contribution in [1.82, 2.24) is 20.3 Å². The highest BCUT2D eigenvalue weighted by Gasteiger charge is 2.21. The van der Waals surface area contributed by atoms with E-state index in [-0.39, 0.29) is 18.3 Å². The molecule has 2 N–H and O–H groups in total. The molecule has 0 atom stereocenters. The van der Waals surface area contributed by atoms with Crippen LogP contribution in [0, 0.1) is 5.92 Å². The van der Waals surface area contributed by atoms with Gasteiger partial charge < -0.3 is 20.3 Å². The Balaban J connectivity index is 0.00000274. The predicted molar refractivity (Wildman–Crippen MR) is 138 cm³/mol. The number of halogens is 1. The molecule has 0 aromatic carbocycles. The third-order valence-corrected chi connectivity index (χ3v) is 7.32. The van der Waals surface area contributed by atoms with Crippen molar-refractivity contribution >= 4 is 52.6 Å². The van der Waals surface area contributed by atoms with Crippen LogP contribution in [0.25, 0.3) is 11.0 Å². The number of hydrogen-bond donors (Lipinski definition) is 2. The molecule has 180 valence electrons. The zero-order chi connectivity index (χ0) is 22.6. The number of methoxy groups -OCH3 is 1. The first kappa shape index (κ1) is 24.5. The van der Waals surface area contributed by atoms with Crippen LogP contribution in [0.5, 0.6) is 5.88 Å². The summed E-state index contributed by atoms with van der Waals surface area (Å²) in [7, 11) is 1.64. The molecule has 0 spiro atoms. The molecule has 5 rings (SSSR count). The predicted octanol–water partition coefficient (Wildman–Crippen LogP) is 3.90. The first-order valence-corrected chi connectivity index (χ1v) is 12.4. The number of nitrogens with zero attached hydrogens (tertiary/aromatic N) is 4. The summed E-state index contributed by atoms with van der Waals surface area (Å²) in [4.78, 5) is 28.7. The van der Waals surface area contributed by atoms with Crippen molar-refractivity contribution in [3.05, 3.63) is 42.2 Å². The van der Waals surface area contributed by atoms with E-state index in [0.29, 0.717) is 29.9 Å². The average molecular weight is 501 g/mol. The Hall–Kier alpha value is -2.62. The summed E-state index contributed by atoms with van der Waals surface area (Å²) in [6.45, 7) is 3.71. The third-order valence-electron chi connectivity index (χ3n) is 6.27. The van der Waals surface area contributed by atoms with Crippen molar-refractivity contribution in [2.75, 3.05) is 42.7 Å². The number of carbonyl (C=O) groups excluding carboxylic acids is 1. The summed E-state index contributed by atoms with van der Waals surface area (Å²) >= 11 is 1.54. The van der Waals surface area contributed by atoms with Crippen LogP contribution in [0.3, 0.4) is 0 Å². The number of pyridine rings is 3. The first-order chi connectivity index (χ1) is 16.2. The van der Waals surface area contributed by atoms with Gasteiger partial charge in [-0.05, 0) is 56.0 Å². The van der Waals surface area contributed by atoms with Crippen LogP contribution in [0.4, 0.5) is 11.5 Å². The van der Waals surface area contributed by atoms with E-state index in [1.165, 1.54) is 0 Å². The maximum atomic E-state index is 11.6. The highest BCUT2D eigenvalue weighted by molar-refractivity contribution is 8.00. The summed E-state index contributed by atoms with van der Waals surface area (Å²) in [6.07, 6.45) is 5.33. The zero-order valence-corrected chi connectivity index (χ0v) is 20.8. The molecule has 5 heterocycles. The second-order valence-corrected chi connectivity index (χ2v) is 9.45. The molecule has 0 unspecified atom stereocenters. The highest BCUT2D eigenvalue weighted by Crippen LogP contribution is 2.31. The Morgan fingerprint density at radius 3 is 2.85 bits per heavy atom. The number of ether oxygens (including phenoxy) is 1. The van der Waals surface area contributed by atoms with E-state index < -0.39 is 0 Å². The van der Waals surface area contributed by atoms with Gasteiger partial charge in [0.25, 0.3) is 0 Å². The van der Waals surface area contributed by atoms with Crippen LogP contribution in [0.2, 0.25) is 0 Å². The number of aromatic nitrogens is 3. The molecule has 0 bridgehead atoms. The minimum atomic E-state index is 0. The van der Waals surface area contributed by atoms with Crippen molar-refractivity contribution in [2.45, 2.75) is 30.7 Å². The Morgan fingerprint density at radius 2 is 2.03 bits per heavy atom. The number of hydrogen-bond acceptors (Lipinski definition) is 8. The van der Waals surface area contributed by atoms with E-state index in [9.17, 15) is 4.79 Å². The highest BCUT2D eigenvalue weighted by atomic mass is 35.5. The lowest BCUT2D eigenvalue weighted by Gasteiger charge is -2.34. The Labute approximate surface area is 209 Å². The quantitative estimate of drug-likeness (QED) is 0.472. The van der Waals surface area contributed by atoms with Crippen LogP contribution in [-0.2, 0) is 11.3 Å². The van der Waals surface area contributed by atoms with Gasteiger partial charge in [-0.1, -0.05) is 0 Å². The van der Waals surface area contributed by atoms with Gasteiger partial charge in [0.15, 0.2) is 0 Å². The average Bonchev–Trinajstić information content (AvgIpc) is 2.86. The van der Waals surface area contributed by atoms with Gasteiger partial charge in [-0.15, -0.1) is 24.2 Å². The smallest absolute Gasteiger partial charge is 0.235 e. The maximum Gasteiger partial charge on any atom is 0.235 e. The van der Waals surface area contributed by atoms with Gasteiger partial charge in [0.2, 0.25) is 11.8 Å².